The molecule has 1 aliphatic rings. The zero-order valence-electron chi connectivity index (χ0n) is 16.6. The number of halogens is 3. The van der Waals surface area contributed by atoms with E-state index in [-0.39, 0.29) is 46.9 Å². The summed E-state index contributed by atoms with van der Waals surface area (Å²) in [5.74, 6) is 0. The number of nitriles is 2. The smallest absolute Gasteiger partial charge is 0.417 e. The van der Waals surface area contributed by atoms with E-state index in [0.717, 1.165) is 23.1 Å². The molecule has 2 aromatic rings. The molecule has 2 amide bonds. The molecule has 0 saturated heterocycles. The first-order valence-electron chi connectivity index (χ1n) is 8.79. The van der Waals surface area contributed by atoms with E-state index >= 15 is 0 Å². The Kier molecular flexibility index (Phi) is 7.61. The van der Waals surface area contributed by atoms with Crippen molar-refractivity contribution in [3.8, 4) is 12.1 Å². The number of carbonyl (C=O) groups excluding carboxylic acids is 1. The molecule has 0 aromatic heterocycles. The third-order valence-electron chi connectivity index (χ3n) is 4.73. The standard InChI is InChI=1S/C21H15F3N4O2S.Ru/c1-12-17(11-26)19(16-7-6-13(10-25)8-18(16)31(2)30)27-20(29)28(12)15-5-3-4-14(9-15)21(22,23)24;/h3-9,19H,1-2H3,(H,27,29);/q;+1/p-1/t19-,31?;/m1./s1. The van der Waals surface area contributed by atoms with Crippen molar-refractivity contribution in [3.05, 3.63) is 75.7 Å². The minimum absolute atomic E-state index is 0. The molecule has 0 fully saturated rings. The number of rotatable bonds is 3. The summed E-state index contributed by atoms with van der Waals surface area (Å²) in [6.45, 7) is 1.44. The van der Waals surface area contributed by atoms with Gasteiger partial charge in [0.15, 0.2) is 6.03 Å². The molecule has 1 heterocycles. The second-order valence-electron chi connectivity index (χ2n) is 6.63. The van der Waals surface area contributed by atoms with E-state index in [2.05, 4.69) is 5.32 Å². The first kappa shape index (κ1) is 25.3. The van der Waals surface area contributed by atoms with Crippen LogP contribution >= 0.6 is 0 Å². The van der Waals surface area contributed by atoms with Gasteiger partial charge in [-0.3, -0.25) is 9.00 Å². The summed E-state index contributed by atoms with van der Waals surface area (Å²) in [6.07, 6.45) is -3.21. The van der Waals surface area contributed by atoms with Crippen molar-refractivity contribution in [1.82, 2.24) is 0 Å². The van der Waals surface area contributed by atoms with E-state index in [1.54, 1.807) is 0 Å². The number of nitrogens with zero attached hydrogens (tertiary/aromatic N) is 4. The molecule has 0 spiro atoms. The average Bonchev–Trinajstić information content (AvgIpc) is 2.72. The van der Waals surface area contributed by atoms with Crippen LogP contribution in [0.1, 0.15) is 29.7 Å². The molecule has 1 aliphatic heterocycles. The topological polar surface area (TPSA) is 99.1 Å². The van der Waals surface area contributed by atoms with Crippen molar-refractivity contribution in [2.24, 2.45) is 0 Å². The van der Waals surface area contributed by atoms with Crippen molar-refractivity contribution >= 4 is 22.5 Å². The number of hydrogen-bond acceptors (Lipinski definition) is 4. The maximum atomic E-state index is 13.1. The summed E-state index contributed by atoms with van der Waals surface area (Å²) >= 11 is 0. The number of hydrogen-bond donors (Lipinski definition) is 0. The third kappa shape index (κ3) is 4.75. The molecule has 165 valence electrons. The number of anilines is 1. The molecule has 11 heteroatoms. The largest absolute Gasteiger partial charge is 1.00 e. The molecule has 0 aliphatic carbocycles. The molecule has 2 aromatic carbocycles. The summed E-state index contributed by atoms with van der Waals surface area (Å²) in [6, 6.07) is 10.4. The molecular formula is C21H14F3N4O2RuS. The van der Waals surface area contributed by atoms with Crippen LogP contribution in [-0.2, 0) is 36.5 Å². The zero-order chi connectivity index (χ0) is 22.9. The normalized spacial score (nSPS) is 17.0. The van der Waals surface area contributed by atoms with Gasteiger partial charge in [-0.15, -0.1) is 0 Å². The van der Waals surface area contributed by atoms with Crippen molar-refractivity contribution in [2.75, 3.05) is 11.2 Å². The van der Waals surface area contributed by atoms with E-state index in [1.165, 1.54) is 37.4 Å². The van der Waals surface area contributed by atoms with E-state index in [9.17, 15) is 27.4 Å². The van der Waals surface area contributed by atoms with Gasteiger partial charge in [0.05, 0.1) is 34.1 Å². The van der Waals surface area contributed by atoms with Crippen LogP contribution in [0.15, 0.2) is 58.6 Å². The number of urea groups is 1. The van der Waals surface area contributed by atoms with E-state index in [4.69, 9.17) is 5.26 Å². The predicted molar refractivity (Wildman–Crippen MR) is 107 cm³/mol. The molecule has 0 saturated carbocycles. The number of alkyl halides is 3. The van der Waals surface area contributed by atoms with Gasteiger partial charge in [0.25, 0.3) is 0 Å². The number of benzene rings is 2. The number of allylic oxidation sites excluding steroid dienone is 1. The van der Waals surface area contributed by atoms with E-state index in [1.807, 2.05) is 12.1 Å². The Morgan fingerprint density at radius 2 is 1.81 bits per heavy atom. The Morgan fingerprint density at radius 1 is 1.12 bits per heavy atom. The van der Waals surface area contributed by atoms with Crippen molar-refractivity contribution in [1.29, 1.82) is 10.5 Å². The molecule has 0 N–H and O–H groups in total. The van der Waals surface area contributed by atoms with Gasteiger partial charge in [0.1, 0.15) is 0 Å². The quantitative estimate of drug-likeness (QED) is 0.498. The predicted octanol–water partition coefficient (Wildman–Crippen LogP) is 5.16. The molecule has 1 radical (unpaired) electrons. The fourth-order valence-electron chi connectivity index (χ4n) is 3.27. The second kappa shape index (κ2) is 9.64. The molecule has 3 rings (SSSR count). The Bertz CT molecular complexity index is 1210. The van der Waals surface area contributed by atoms with Gasteiger partial charge >= 0.3 is 25.7 Å². The molecule has 1 unspecified atom stereocenters. The first-order chi connectivity index (χ1) is 14.6. The molecule has 32 heavy (non-hydrogen) atoms. The maximum Gasteiger partial charge on any atom is 1.00 e. The van der Waals surface area contributed by atoms with Crippen LogP contribution in [0.4, 0.5) is 23.7 Å². The van der Waals surface area contributed by atoms with Gasteiger partial charge in [0, 0.05) is 22.8 Å². The fourth-order valence-corrected chi connectivity index (χ4v) is 4.07. The Balaban J connectivity index is 0.00000363. The third-order valence-corrected chi connectivity index (χ3v) is 5.70. The van der Waals surface area contributed by atoms with Gasteiger partial charge in [-0.05, 0) is 42.1 Å². The molecule has 6 nitrogen and oxygen atoms in total. The van der Waals surface area contributed by atoms with Crippen molar-refractivity contribution < 1.29 is 41.7 Å². The van der Waals surface area contributed by atoms with Gasteiger partial charge < -0.3 is 10.2 Å². The van der Waals surface area contributed by atoms with Crippen LogP contribution in [-0.4, -0.2) is 16.5 Å². The maximum absolute atomic E-state index is 13.1. The van der Waals surface area contributed by atoms with Crippen molar-refractivity contribution in [3.63, 3.8) is 0 Å². The average molecular weight is 544 g/mol. The Morgan fingerprint density at radius 3 is 2.38 bits per heavy atom. The van der Waals surface area contributed by atoms with Gasteiger partial charge in [-0.2, -0.15) is 23.7 Å². The van der Waals surface area contributed by atoms with Gasteiger partial charge in [-0.25, -0.2) is 0 Å². The first-order valence-corrected chi connectivity index (χ1v) is 10.3. The van der Waals surface area contributed by atoms with Crippen molar-refractivity contribution in [2.45, 2.75) is 24.0 Å². The minimum Gasteiger partial charge on any atom is -0.417 e. The summed E-state index contributed by atoms with van der Waals surface area (Å²) in [4.78, 5) is 14.0. The number of carbonyl (C=O) groups is 1. The molecule has 2 atom stereocenters. The van der Waals surface area contributed by atoms with E-state index in [0.29, 0.717) is 5.56 Å². The zero-order valence-corrected chi connectivity index (χ0v) is 19.2. The van der Waals surface area contributed by atoms with Crippen LogP contribution in [0, 0.1) is 22.7 Å². The summed E-state index contributed by atoms with van der Waals surface area (Å²) in [5, 5.41) is 22.8. The minimum atomic E-state index is -4.60. The summed E-state index contributed by atoms with van der Waals surface area (Å²) < 4.78 is 51.5. The van der Waals surface area contributed by atoms with Crippen LogP contribution in [0.5, 0.6) is 0 Å². The number of amides is 2. The summed E-state index contributed by atoms with van der Waals surface area (Å²) in [5.41, 5.74) is -0.320. The van der Waals surface area contributed by atoms with Crippen LogP contribution in [0.3, 0.4) is 0 Å². The fraction of sp³-hybridized carbons (Fsp3) is 0.190. The monoisotopic (exact) mass is 545 g/mol. The Hall–Kier alpha value is -3.01. The van der Waals surface area contributed by atoms with Gasteiger partial charge in [0.2, 0.25) is 0 Å². The van der Waals surface area contributed by atoms with Crippen LogP contribution < -0.4 is 4.90 Å². The second-order valence-corrected chi connectivity index (χ2v) is 7.98. The van der Waals surface area contributed by atoms with Gasteiger partial charge in [-0.1, -0.05) is 24.3 Å². The van der Waals surface area contributed by atoms with Crippen LogP contribution in [0.2, 0.25) is 0 Å². The summed E-state index contributed by atoms with van der Waals surface area (Å²) in [7, 11) is -1.54. The van der Waals surface area contributed by atoms with E-state index < -0.39 is 34.6 Å². The SMILES string of the molecule is CC1=C(C#N)[C@@H](c2ccc(C#N)cc2S(C)=O)[N-]C(=O)N1c1cccc(C(F)(F)F)c1.[Ru+]. The molecular weight excluding hydrogens is 530 g/mol. The Labute approximate surface area is 197 Å². The molecule has 0 bridgehead atoms. The van der Waals surface area contributed by atoms with Crippen LogP contribution in [0.25, 0.3) is 5.32 Å².